The lowest BCUT2D eigenvalue weighted by atomic mass is 10.1. The number of benzene rings is 1. The average Bonchev–Trinajstić information content (AvgIpc) is 2.48. The van der Waals surface area contributed by atoms with Crippen LogP contribution in [0.2, 0.25) is 0 Å². The monoisotopic (exact) mass is 340 g/mol. The van der Waals surface area contributed by atoms with Gasteiger partial charge in [0.2, 0.25) is 0 Å². The maximum absolute atomic E-state index is 11.8. The van der Waals surface area contributed by atoms with E-state index in [1.54, 1.807) is 24.3 Å². The van der Waals surface area contributed by atoms with Crippen molar-refractivity contribution in [3.8, 4) is 5.75 Å². The maximum Gasteiger partial charge on any atom is 0.338 e. The minimum Gasteiger partial charge on any atom is -0.490 e. The summed E-state index contributed by atoms with van der Waals surface area (Å²) in [6.07, 6.45) is -0.935. The number of esters is 2. The molecule has 0 fully saturated rings. The molecule has 134 valence electrons. The molecule has 0 heterocycles. The first-order valence-electron chi connectivity index (χ1n) is 7.51. The molecule has 1 atom stereocenters. The summed E-state index contributed by atoms with van der Waals surface area (Å²) in [5.74, 6) is -1.18. The van der Waals surface area contributed by atoms with Crippen LogP contribution in [-0.4, -0.2) is 52.7 Å². The third kappa shape index (κ3) is 6.97. The van der Waals surface area contributed by atoms with Gasteiger partial charge in [-0.3, -0.25) is 0 Å². The van der Waals surface area contributed by atoms with Crippen LogP contribution in [0, 0.1) is 0 Å². The summed E-state index contributed by atoms with van der Waals surface area (Å²) < 4.78 is 15.6. The summed E-state index contributed by atoms with van der Waals surface area (Å²) in [4.78, 5) is 23.4. The predicted octanol–water partition coefficient (Wildman–Crippen LogP) is 1.06. The zero-order chi connectivity index (χ0) is 18.4. The molecule has 0 saturated heterocycles. The first kappa shape index (κ1) is 19.9. The van der Waals surface area contributed by atoms with Gasteiger partial charge in [0.25, 0.3) is 0 Å². The van der Waals surface area contributed by atoms with Gasteiger partial charge >= 0.3 is 11.9 Å². The lowest BCUT2D eigenvalue weighted by Gasteiger charge is -2.24. The van der Waals surface area contributed by atoms with E-state index >= 15 is 0 Å². The Labute approximate surface area is 141 Å². The van der Waals surface area contributed by atoms with Crippen molar-refractivity contribution in [3.63, 3.8) is 0 Å². The summed E-state index contributed by atoms with van der Waals surface area (Å²) in [7, 11) is 0. The van der Waals surface area contributed by atoms with Gasteiger partial charge in [-0.15, -0.1) is 0 Å². The summed E-state index contributed by atoms with van der Waals surface area (Å²) in [5.41, 5.74) is -3.35. The van der Waals surface area contributed by atoms with Gasteiger partial charge in [0.05, 0.1) is 0 Å². The number of ether oxygens (including phenoxy) is 3. The van der Waals surface area contributed by atoms with Crippen molar-refractivity contribution in [1.29, 1.82) is 0 Å². The van der Waals surface area contributed by atoms with Crippen LogP contribution in [0.25, 0.3) is 0 Å². The topological polar surface area (TPSA) is 102 Å². The van der Waals surface area contributed by atoms with E-state index in [0.29, 0.717) is 5.75 Å². The van der Waals surface area contributed by atoms with Crippen LogP contribution >= 0.6 is 0 Å². The molecule has 0 aliphatic rings. The van der Waals surface area contributed by atoms with Crippen molar-refractivity contribution in [2.75, 3.05) is 13.2 Å². The number of rotatable bonds is 8. The zero-order valence-electron chi connectivity index (χ0n) is 14.3. The minimum atomic E-state index is -1.69. The fourth-order valence-corrected chi connectivity index (χ4v) is 1.46. The van der Waals surface area contributed by atoms with Crippen LogP contribution in [0.4, 0.5) is 0 Å². The van der Waals surface area contributed by atoms with Crippen molar-refractivity contribution >= 4 is 11.9 Å². The fourth-order valence-electron chi connectivity index (χ4n) is 1.46. The lowest BCUT2D eigenvalue weighted by Crippen LogP contribution is -2.41. The highest BCUT2D eigenvalue weighted by Gasteiger charge is 2.31. The quantitative estimate of drug-likeness (QED) is 0.682. The number of hydrogen-bond donors (Lipinski definition) is 2. The van der Waals surface area contributed by atoms with Gasteiger partial charge in [-0.05, 0) is 39.8 Å². The molecule has 1 aromatic rings. The Morgan fingerprint density at radius 3 is 2.00 bits per heavy atom. The Kier molecular flexibility index (Phi) is 6.74. The van der Waals surface area contributed by atoms with Crippen LogP contribution in [-0.2, 0) is 19.1 Å². The zero-order valence-corrected chi connectivity index (χ0v) is 14.3. The molecule has 0 spiro atoms. The summed E-state index contributed by atoms with van der Waals surface area (Å²) >= 11 is 0. The van der Waals surface area contributed by atoms with Crippen molar-refractivity contribution in [2.24, 2.45) is 0 Å². The molecule has 0 amide bonds. The first-order valence-corrected chi connectivity index (χ1v) is 7.51. The van der Waals surface area contributed by atoms with Gasteiger partial charge in [0.15, 0.2) is 17.3 Å². The van der Waals surface area contributed by atoms with Crippen LogP contribution in [0.5, 0.6) is 5.75 Å². The van der Waals surface area contributed by atoms with Gasteiger partial charge in [0.1, 0.15) is 19.0 Å². The van der Waals surface area contributed by atoms with E-state index in [2.05, 4.69) is 0 Å². The van der Waals surface area contributed by atoms with Gasteiger partial charge in [-0.1, -0.05) is 18.2 Å². The van der Waals surface area contributed by atoms with Gasteiger partial charge in [-0.2, -0.15) is 0 Å². The number of carbonyl (C=O) groups is 2. The molecule has 0 aliphatic carbocycles. The molecule has 0 aromatic heterocycles. The molecule has 1 aromatic carbocycles. The largest absolute Gasteiger partial charge is 0.490 e. The van der Waals surface area contributed by atoms with Crippen LogP contribution in [0.1, 0.15) is 27.7 Å². The van der Waals surface area contributed by atoms with Gasteiger partial charge in [-0.25, -0.2) is 9.59 Å². The minimum absolute atomic E-state index is 0.0784. The smallest absolute Gasteiger partial charge is 0.338 e. The summed E-state index contributed by atoms with van der Waals surface area (Å²) in [6, 6.07) is 8.82. The highest BCUT2D eigenvalue weighted by molar-refractivity contribution is 5.79. The van der Waals surface area contributed by atoms with Crippen LogP contribution in [0.15, 0.2) is 30.3 Å². The molecule has 7 nitrogen and oxygen atoms in total. The Hall–Kier alpha value is -2.12. The SMILES string of the molecule is CC(C)(O)C(=O)OCC(COc1ccccc1)OC(=O)C(C)(C)O. The molecular weight excluding hydrogens is 316 g/mol. The van der Waals surface area contributed by atoms with Crippen LogP contribution in [0.3, 0.4) is 0 Å². The molecule has 0 aliphatic heterocycles. The van der Waals surface area contributed by atoms with Crippen molar-refractivity contribution in [3.05, 3.63) is 30.3 Å². The van der Waals surface area contributed by atoms with E-state index in [1.165, 1.54) is 27.7 Å². The maximum atomic E-state index is 11.8. The summed E-state index contributed by atoms with van der Waals surface area (Å²) in [5, 5.41) is 19.2. The molecule has 0 radical (unpaired) electrons. The average molecular weight is 340 g/mol. The van der Waals surface area contributed by atoms with Gasteiger partial charge < -0.3 is 24.4 Å². The van der Waals surface area contributed by atoms with Gasteiger partial charge in [0, 0.05) is 0 Å². The molecular formula is C17H24O7. The predicted molar refractivity (Wildman–Crippen MR) is 85.4 cm³/mol. The first-order chi connectivity index (χ1) is 11.0. The normalized spacial score (nSPS) is 13.1. The molecule has 1 rings (SSSR count). The number of para-hydroxylation sites is 1. The highest BCUT2D eigenvalue weighted by atomic mass is 16.6. The third-order valence-corrected chi connectivity index (χ3v) is 2.85. The molecule has 7 heteroatoms. The second-order valence-corrected chi connectivity index (χ2v) is 6.37. The molecule has 0 saturated carbocycles. The molecule has 0 bridgehead atoms. The van der Waals surface area contributed by atoms with Crippen molar-refractivity contribution in [2.45, 2.75) is 45.0 Å². The Balaban J connectivity index is 2.68. The van der Waals surface area contributed by atoms with E-state index in [0.717, 1.165) is 0 Å². The molecule has 1 unspecified atom stereocenters. The molecule has 24 heavy (non-hydrogen) atoms. The second-order valence-electron chi connectivity index (χ2n) is 6.37. The Bertz CT molecular complexity index is 540. The van der Waals surface area contributed by atoms with Crippen LogP contribution < -0.4 is 4.74 Å². The van der Waals surface area contributed by atoms with E-state index in [9.17, 15) is 19.8 Å². The second kappa shape index (κ2) is 8.12. The highest BCUT2D eigenvalue weighted by Crippen LogP contribution is 2.12. The molecule has 2 N–H and O–H groups in total. The Morgan fingerprint density at radius 2 is 1.50 bits per heavy atom. The van der Waals surface area contributed by atoms with E-state index < -0.39 is 29.2 Å². The number of aliphatic hydroxyl groups is 2. The van der Waals surface area contributed by atoms with E-state index in [4.69, 9.17) is 14.2 Å². The Morgan fingerprint density at radius 1 is 0.958 bits per heavy atom. The fraction of sp³-hybridized carbons (Fsp3) is 0.529. The van der Waals surface area contributed by atoms with E-state index in [1.807, 2.05) is 6.07 Å². The third-order valence-electron chi connectivity index (χ3n) is 2.85. The summed E-state index contributed by atoms with van der Waals surface area (Å²) in [6.45, 7) is 4.75. The van der Waals surface area contributed by atoms with E-state index in [-0.39, 0.29) is 13.2 Å². The number of hydrogen-bond acceptors (Lipinski definition) is 7. The standard InChI is InChI=1S/C17H24O7/c1-16(2,20)14(18)23-11-13(24-15(19)17(3,4)21)10-22-12-8-6-5-7-9-12/h5-9,13,20-21H,10-11H2,1-4H3. The van der Waals surface area contributed by atoms with Crippen molar-refractivity contribution < 1.29 is 34.0 Å². The lowest BCUT2D eigenvalue weighted by molar-refractivity contribution is -0.179. The van der Waals surface area contributed by atoms with Crippen molar-refractivity contribution in [1.82, 2.24) is 0 Å². The number of carbonyl (C=O) groups excluding carboxylic acids is 2.